The van der Waals surface area contributed by atoms with Gasteiger partial charge in [0, 0.05) is 23.9 Å². The topological polar surface area (TPSA) is 118 Å². The van der Waals surface area contributed by atoms with Crippen molar-refractivity contribution in [1.82, 2.24) is 4.98 Å². The van der Waals surface area contributed by atoms with Gasteiger partial charge in [-0.15, -0.1) is 0 Å². The first-order valence-electron chi connectivity index (χ1n) is 6.56. The molecule has 0 spiro atoms. The highest BCUT2D eigenvalue weighted by Crippen LogP contribution is 2.26. The highest BCUT2D eigenvalue weighted by molar-refractivity contribution is 6.09. The minimum Gasteiger partial charge on any atom is -0.497 e. The molecule has 0 saturated carbocycles. The van der Waals surface area contributed by atoms with Gasteiger partial charge >= 0.3 is 5.97 Å². The van der Waals surface area contributed by atoms with Crippen LogP contribution in [0, 0.1) is 5.82 Å². The molecule has 0 fully saturated rings. The van der Waals surface area contributed by atoms with Gasteiger partial charge in [-0.25, -0.2) is 9.18 Å². The molecular weight excluding hydrogens is 323 g/mol. The van der Waals surface area contributed by atoms with Crippen molar-refractivity contribution in [2.75, 3.05) is 19.5 Å². The van der Waals surface area contributed by atoms with Crippen molar-refractivity contribution in [3.05, 3.63) is 51.7 Å². The van der Waals surface area contributed by atoms with E-state index in [0.717, 1.165) is 0 Å². The van der Waals surface area contributed by atoms with Gasteiger partial charge in [0.2, 0.25) is 0 Å². The number of halogens is 1. The molecule has 1 aromatic carbocycles. The average molecular weight is 336 g/mol. The van der Waals surface area contributed by atoms with Crippen LogP contribution in [0.5, 0.6) is 11.5 Å². The van der Waals surface area contributed by atoms with Crippen LogP contribution in [0.25, 0.3) is 0 Å². The summed E-state index contributed by atoms with van der Waals surface area (Å²) >= 11 is 0. The molecule has 126 valence electrons. The summed E-state index contributed by atoms with van der Waals surface area (Å²) in [5, 5.41) is 11.4. The van der Waals surface area contributed by atoms with Crippen LogP contribution < -0.4 is 20.3 Å². The Kier molecular flexibility index (Phi) is 4.83. The summed E-state index contributed by atoms with van der Waals surface area (Å²) in [6.07, 6.45) is 0. The molecule has 0 aliphatic carbocycles. The van der Waals surface area contributed by atoms with E-state index in [1.54, 1.807) is 6.07 Å². The number of benzene rings is 1. The predicted molar refractivity (Wildman–Crippen MR) is 81.5 cm³/mol. The maximum Gasteiger partial charge on any atom is 0.338 e. The number of nitrogens with one attached hydrogen (secondary N) is 2. The molecule has 9 heteroatoms. The number of aromatic carboxylic acids is 1. The number of carboxylic acid groups (broad SMARTS) is 1. The number of pyridine rings is 1. The van der Waals surface area contributed by atoms with Gasteiger partial charge in [0.15, 0.2) is 5.82 Å². The second-order valence-electron chi connectivity index (χ2n) is 4.60. The van der Waals surface area contributed by atoms with E-state index in [0.29, 0.717) is 17.6 Å². The second-order valence-corrected chi connectivity index (χ2v) is 4.60. The molecule has 1 heterocycles. The van der Waals surface area contributed by atoms with Gasteiger partial charge in [0.25, 0.3) is 11.5 Å². The number of methoxy groups -OCH3 is 2. The molecule has 0 aliphatic heterocycles. The molecule has 0 aliphatic rings. The number of rotatable bonds is 5. The Morgan fingerprint density at radius 2 is 1.71 bits per heavy atom. The Labute approximate surface area is 134 Å². The normalized spacial score (nSPS) is 10.1. The number of carbonyl (C=O) groups excluding carboxylic acids is 1. The Bertz CT molecular complexity index is 839. The fourth-order valence-corrected chi connectivity index (χ4v) is 1.93. The van der Waals surface area contributed by atoms with Crippen LogP contribution in [0.3, 0.4) is 0 Å². The minimum absolute atomic E-state index is 0.234. The zero-order chi connectivity index (χ0) is 17.9. The van der Waals surface area contributed by atoms with Crippen LogP contribution in [0.4, 0.5) is 10.1 Å². The summed E-state index contributed by atoms with van der Waals surface area (Å²) in [7, 11) is 2.83. The van der Waals surface area contributed by atoms with Crippen molar-refractivity contribution in [1.29, 1.82) is 0 Å². The van der Waals surface area contributed by atoms with Crippen molar-refractivity contribution in [3.8, 4) is 11.5 Å². The standard InChI is InChI=1S/C15H13FN2O6/c1-23-8-3-7(4-9(5-8)24-2)17-14(20)12-10(15(21)22)6-11(16)13(19)18-12/h3-6H,1-2H3,(H,17,20)(H,18,19)(H,21,22). The first-order chi connectivity index (χ1) is 11.3. The van der Waals surface area contributed by atoms with Gasteiger partial charge in [-0.05, 0) is 6.07 Å². The quantitative estimate of drug-likeness (QED) is 0.761. The van der Waals surface area contributed by atoms with Gasteiger partial charge in [0.05, 0.1) is 19.8 Å². The van der Waals surface area contributed by atoms with E-state index in [2.05, 4.69) is 5.32 Å². The van der Waals surface area contributed by atoms with E-state index in [1.807, 2.05) is 4.98 Å². The average Bonchev–Trinajstić information content (AvgIpc) is 2.56. The zero-order valence-electron chi connectivity index (χ0n) is 12.7. The summed E-state index contributed by atoms with van der Waals surface area (Å²) in [4.78, 5) is 36.6. The van der Waals surface area contributed by atoms with Crippen LogP contribution in [-0.4, -0.2) is 36.2 Å². The number of amides is 1. The van der Waals surface area contributed by atoms with E-state index < -0.39 is 34.5 Å². The number of hydrogen-bond donors (Lipinski definition) is 3. The van der Waals surface area contributed by atoms with Gasteiger partial charge in [0.1, 0.15) is 17.2 Å². The molecule has 1 amide bonds. The smallest absolute Gasteiger partial charge is 0.338 e. The molecule has 3 N–H and O–H groups in total. The van der Waals surface area contributed by atoms with Crippen molar-refractivity contribution in [2.24, 2.45) is 0 Å². The summed E-state index contributed by atoms with van der Waals surface area (Å²) in [5.74, 6) is -3.02. The zero-order valence-corrected chi connectivity index (χ0v) is 12.7. The fraction of sp³-hybridized carbons (Fsp3) is 0.133. The molecule has 1 aromatic heterocycles. The van der Waals surface area contributed by atoms with Crippen LogP contribution >= 0.6 is 0 Å². The first kappa shape index (κ1) is 17.0. The molecule has 8 nitrogen and oxygen atoms in total. The number of aromatic nitrogens is 1. The van der Waals surface area contributed by atoms with E-state index in [1.165, 1.54) is 26.4 Å². The van der Waals surface area contributed by atoms with Crippen molar-refractivity contribution >= 4 is 17.6 Å². The molecule has 2 aromatic rings. The number of hydrogen-bond acceptors (Lipinski definition) is 5. The monoisotopic (exact) mass is 336 g/mol. The summed E-state index contributed by atoms with van der Waals surface area (Å²) in [6, 6.07) is 4.98. The maximum absolute atomic E-state index is 13.2. The lowest BCUT2D eigenvalue weighted by Crippen LogP contribution is -2.24. The van der Waals surface area contributed by atoms with Crippen molar-refractivity contribution in [2.45, 2.75) is 0 Å². The number of anilines is 1. The Balaban J connectivity index is 2.42. The fourth-order valence-electron chi connectivity index (χ4n) is 1.93. The maximum atomic E-state index is 13.2. The third-order valence-electron chi connectivity index (χ3n) is 3.06. The van der Waals surface area contributed by atoms with E-state index in [-0.39, 0.29) is 5.69 Å². The summed E-state index contributed by atoms with van der Waals surface area (Å²) in [6.45, 7) is 0. The molecule has 0 saturated heterocycles. The lowest BCUT2D eigenvalue weighted by Gasteiger charge is -2.11. The second kappa shape index (κ2) is 6.82. The van der Waals surface area contributed by atoms with Crippen LogP contribution in [0.2, 0.25) is 0 Å². The Hall–Kier alpha value is -3.36. The third kappa shape index (κ3) is 3.51. The molecule has 0 atom stereocenters. The largest absolute Gasteiger partial charge is 0.497 e. The number of aromatic amines is 1. The molecule has 2 rings (SSSR count). The van der Waals surface area contributed by atoms with Crippen LogP contribution in [-0.2, 0) is 0 Å². The van der Waals surface area contributed by atoms with Crippen LogP contribution in [0.1, 0.15) is 20.8 Å². The number of H-pyrrole nitrogens is 1. The summed E-state index contributed by atoms with van der Waals surface area (Å²) < 4.78 is 23.3. The molecule has 24 heavy (non-hydrogen) atoms. The van der Waals surface area contributed by atoms with E-state index >= 15 is 0 Å². The molecule has 0 bridgehead atoms. The molecular formula is C15H13FN2O6. The SMILES string of the molecule is COc1cc(NC(=O)c2[nH]c(=O)c(F)cc2C(=O)O)cc(OC)c1. The van der Waals surface area contributed by atoms with E-state index in [9.17, 15) is 18.8 Å². The first-order valence-corrected chi connectivity index (χ1v) is 6.56. The third-order valence-corrected chi connectivity index (χ3v) is 3.06. The van der Waals surface area contributed by atoms with Gasteiger partial charge in [-0.2, -0.15) is 0 Å². The summed E-state index contributed by atoms with van der Waals surface area (Å²) in [5.41, 5.74) is -2.21. The highest BCUT2D eigenvalue weighted by atomic mass is 19.1. The molecule has 0 unspecified atom stereocenters. The lowest BCUT2D eigenvalue weighted by atomic mass is 10.1. The number of ether oxygens (including phenoxy) is 2. The van der Waals surface area contributed by atoms with Gasteiger partial charge in [-0.1, -0.05) is 0 Å². The minimum atomic E-state index is -1.56. The highest BCUT2D eigenvalue weighted by Gasteiger charge is 2.20. The van der Waals surface area contributed by atoms with Crippen molar-refractivity contribution in [3.63, 3.8) is 0 Å². The van der Waals surface area contributed by atoms with E-state index in [4.69, 9.17) is 14.6 Å². The van der Waals surface area contributed by atoms with Gasteiger partial charge in [-0.3, -0.25) is 9.59 Å². The van der Waals surface area contributed by atoms with Gasteiger partial charge < -0.3 is 24.9 Å². The Morgan fingerprint density at radius 3 is 2.21 bits per heavy atom. The Morgan fingerprint density at radius 1 is 1.12 bits per heavy atom. The number of carbonyl (C=O) groups is 2. The number of carboxylic acids is 1. The lowest BCUT2D eigenvalue weighted by molar-refractivity contribution is 0.0691. The van der Waals surface area contributed by atoms with Crippen molar-refractivity contribution < 1.29 is 28.6 Å². The predicted octanol–water partition coefficient (Wildman–Crippen LogP) is 1.48. The van der Waals surface area contributed by atoms with Crippen LogP contribution in [0.15, 0.2) is 29.1 Å². The molecule has 0 radical (unpaired) electrons.